The van der Waals surface area contributed by atoms with E-state index in [0.717, 1.165) is 0 Å². The smallest absolute Gasteiger partial charge is 0.429 e. The predicted octanol–water partition coefficient (Wildman–Crippen LogP) is 6.42. The molecule has 20 nitrogen and oxygen atoms in total. The third kappa shape index (κ3) is 11.5. The molecule has 6 N–H and O–H groups in total. The Morgan fingerprint density at radius 1 is 0.613 bits per heavy atom. The fourth-order valence-corrected chi connectivity index (χ4v) is 6.76. The summed E-state index contributed by atoms with van der Waals surface area (Å²) in [4.78, 5) is 38.5. The first kappa shape index (κ1) is 52.5. The highest BCUT2D eigenvalue weighted by atomic mass is 19.4. The first-order valence-electron chi connectivity index (χ1n) is 21.6. The quantitative estimate of drug-likeness (QED) is 0.0537. The highest BCUT2D eigenvalue weighted by Crippen LogP contribution is 2.35. The monoisotopic (exact) mass is 1060 g/mol. The van der Waals surface area contributed by atoms with E-state index in [1.807, 2.05) is 5.32 Å². The van der Waals surface area contributed by atoms with Crippen LogP contribution < -0.4 is 16.0 Å². The Labute approximate surface area is 413 Å². The summed E-state index contributed by atoms with van der Waals surface area (Å²) in [6.07, 6.45) is -5.99. The molecular formula is C45H35F10N13O7. The van der Waals surface area contributed by atoms with Crippen molar-refractivity contribution in [3.8, 4) is 45.8 Å². The molecule has 2 atom stereocenters. The van der Waals surface area contributed by atoms with Gasteiger partial charge in [-0.3, -0.25) is 14.2 Å². The second kappa shape index (κ2) is 21.0. The van der Waals surface area contributed by atoms with Gasteiger partial charge in [0.1, 0.15) is 46.9 Å². The number of rotatable bonds is 17. The van der Waals surface area contributed by atoms with Crippen LogP contribution in [0.15, 0.2) is 107 Å². The normalized spacial score (nSPS) is 14.3. The van der Waals surface area contributed by atoms with Crippen molar-refractivity contribution in [2.45, 2.75) is 55.5 Å². The number of nitrogens with zero attached hydrogens (tertiary/aromatic N) is 10. The second-order valence-electron chi connectivity index (χ2n) is 16.4. The molecule has 0 aliphatic heterocycles. The zero-order valence-corrected chi connectivity index (χ0v) is 37.8. The lowest BCUT2D eigenvalue weighted by Gasteiger charge is -2.29. The Morgan fingerprint density at radius 2 is 1.04 bits per heavy atom. The van der Waals surface area contributed by atoms with Gasteiger partial charge in [-0.25, -0.2) is 42.3 Å². The van der Waals surface area contributed by atoms with Crippen LogP contribution in [0.1, 0.15) is 24.0 Å². The molecule has 2 unspecified atom stereocenters. The summed E-state index contributed by atoms with van der Waals surface area (Å²) in [6, 6.07) is 17.4. The van der Waals surface area contributed by atoms with Gasteiger partial charge in [0.2, 0.25) is 0 Å². The average Bonchev–Trinajstić information content (AvgIpc) is 3.85. The molecule has 1 saturated carbocycles. The maximum atomic E-state index is 14.5. The van der Waals surface area contributed by atoms with E-state index < -0.39 is 89.5 Å². The molecular weight excluding hydrogens is 1020 g/mol. The van der Waals surface area contributed by atoms with Crippen molar-refractivity contribution in [2.24, 2.45) is 0 Å². The summed E-state index contributed by atoms with van der Waals surface area (Å²) in [5, 5.41) is 50.9. The van der Waals surface area contributed by atoms with Crippen molar-refractivity contribution >= 4 is 23.5 Å². The number of hydrogen-bond acceptors (Lipinski definition) is 16. The lowest BCUT2D eigenvalue weighted by atomic mass is 10.0. The fourth-order valence-electron chi connectivity index (χ4n) is 6.76. The van der Waals surface area contributed by atoms with E-state index in [-0.39, 0.29) is 41.7 Å². The van der Waals surface area contributed by atoms with Gasteiger partial charge < -0.3 is 40.3 Å². The first-order valence-corrected chi connectivity index (χ1v) is 21.6. The Kier molecular flexibility index (Phi) is 14.7. The van der Waals surface area contributed by atoms with Crippen LogP contribution in [0.2, 0.25) is 0 Å². The lowest BCUT2D eigenvalue weighted by Crippen LogP contribution is -2.61. The van der Waals surface area contributed by atoms with Crippen LogP contribution in [-0.2, 0) is 22.7 Å². The molecule has 1 fully saturated rings. The number of nitrogens with one attached hydrogen (secondary N) is 3. The summed E-state index contributed by atoms with van der Waals surface area (Å²) in [5.41, 5.74) is -6.05. The molecule has 30 heteroatoms. The van der Waals surface area contributed by atoms with Crippen LogP contribution in [0.3, 0.4) is 0 Å². The van der Waals surface area contributed by atoms with Gasteiger partial charge in [-0.05, 0) is 37.1 Å². The number of aromatic nitrogens is 10. The van der Waals surface area contributed by atoms with Crippen molar-refractivity contribution in [1.82, 2.24) is 55.1 Å². The van der Waals surface area contributed by atoms with E-state index in [2.05, 4.69) is 51.1 Å². The molecule has 1 aliphatic rings. The molecule has 6 aromatic heterocycles. The minimum atomic E-state index is -5.56. The van der Waals surface area contributed by atoms with E-state index in [4.69, 9.17) is 14.2 Å². The maximum absolute atomic E-state index is 14.5. The highest BCUT2D eigenvalue weighted by Gasteiger charge is 2.61. The summed E-state index contributed by atoms with van der Waals surface area (Å²) in [6.45, 7) is -3.13. The maximum Gasteiger partial charge on any atom is 0.429 e. The molecule has 8 aromatic rings. The Morgan fingerprint density at radius 3 is 1.41 bits per heavy atom. The number of carbonyl (C=O) groups excluding carboxylic acids is 1. The second-order valence-corrected chi connectivity index (χ2v) is 16.4. The predicted molar refractivity (Wildman–Crippen MR) is 236 cm³/mol. The molecule has 0 saturated heterocycles. The van der Waals surface area contributed by atoms with Crippen LogP contribution in [0.4, 0.5) is 55.5 Å². The zero-order chi connectivity index (χ0) is 53.9. The molecule has 0 spiro atoms. The van der Waals surface area contributed by atoms with Crippen LogP contribution in [0, 0.1) is 23.3 Å². The van der Waals surface area contributed by atoms with Gasteiger partial charge in [-0.15, -0.1) is 0 Å². The van der Waals surface area contributed by atoms with E-state index >= 15 is 0 Å². The molecule has 2 aromatic carbocycles. The topological polar surface area (TPSA) is 270 Å². The summed E-state index contributed by atoms with van der Waals surface area (Å²) in [5.74, 6) is -9.52. The van der Waals surface area contributed by atoms with Crippen LogP contribution in [0.5, 0.6) is 0 Å². The zero-order valence-electron chi connectivity index (χ0n) is 37.8. The summed E-state index contributed by atoms with van der Waals surface area (Å²) in [7, 11) is 0. The lowest BCUT2D eigenvalue weighted by molar-refractivity contribution is -0.255. The van der Waals surface area contributed by atoms with Crippen LogP contribution >= 0.6 is 0 Å². The van der Waals surface area contributed by atoms with E-state index in [0.29, 0.717) is 53.6 Å². The third-order valence-electron chi connectivity index (χ3n) is 11.1. The summed E-state index contributed by atoms with van der Waals surface area (Å²) < 4.78 is 150. The van der Waals surface area contributed by atoms with E-state index in [1.165, 1.54) is 76.5 Å². The number of halogens is 10. The van der Waals surface area contributed by atoms with Crippen molar-refractivity contribution < 1.29 is 77.9 Å². The molecule has 0 bridgehead atoms. The number of amides is 1. The van der Waals surface area contributed by atoms with E-state index in [1.54, 1.807) is 18.2 Å². The minimum Gasteiger partial charge on any atom is -0.479 e. The number of hydrogen-bond donors (Lipinski definition) is 6. The van der Waals surface area contributed by atoms with E-state index in [9.17, 15) is 63.7 Å². The van der Waals surface area contributed by atoms with Gasteiger partial charge >= 0.3 is 18.3 Å². The average molecular weight is 1060 g/mol. The third-order valence-corrected chi connectivity index (χ3v) is 11.1. The number of benzene rings is 2. The Balaban J connectivity index is 0.000000200. The van der Waals surface area contributed by atoms with Gasteiger partial charge in [0.15, 0.2) is 34.9 Å². The van der Waals surface area contributed by atoms with Gasteiger partial charge in [0.05, 0.1) is 50.0 Å². The molecule has 392 valence electrons. The SMILES string of the molecule is O=C(NC1CC1)C(O)(CNc1nc(-c2cc(-c3ccon3)n(Cc3ccccc3F)n2)ncc1F)C(F)(F)F.O=C(O)C(O)(CNc1nc(-c2cc(-c3ccon3)n(Cc3ccccc3F)n2)ncc1F)C(F)(F)F. The van der Waals surface area contributed by atoms with Gasteiger partial charge in [0.25, 0.3) is 17.1 Å². The summed E-state index contributed by atoms with van der Waals surface area (Å²) >= 11 is 0. The van der Waals surface area contributed by atoms with Crippen LogP contribution in [0.25, 0.3) is 45.8 Å². The van der Waals surface area contributed by atoms with Crippen molar-refractivity contribution in [1.29, 1.82) is 0 Å². The minimum absolute atomic E-state index is 0.0108. The first-order chi connectivity index (χ1) is 35.5. The number of aliphatic carboxylic acids is 1. The molecule has 6 heterocycles. The molecule has 1 aliphatic carbocycles. The largest absolute Gasteiger partial charge is 0.479 e. The number of aliphatic hydroxyl groups is 2. The molecule has 9 rings (SSSR count). The highest BCUT2D eigenvalue weighted by molar-refractivity contribution is 5.87. The fraction of sp³-hybridized carbons (Fsp3) is 0.244. The van der Waals surface area contributed by atoms with Crippen molar-refractivity contribution in [3.63, 3.8) is 0 Å². The number of alkyl halides is 6. The molecule has 1 amide bonds. The molecule has 75 heavy (non-hydrogen) atoms. The number of carboxylic acids is 1. The number of carbonyl (C=O) groups is 2. The Bertz CT molecular complexity index is 3310. The van der Waals surface area contributed by atoms with Gasteiger partial charge in [-0.1, -0.05) is 46.7 Å². The Hall–Kier alpha value is -8.80. The molecule has 0 radical (unpaired) electrons. The van der Waals surface area contributed by atoms with Gasteiger partial charge in [0, 0.05) is 29.3 Å². The van der Waals surface area contributed by atoms with Crippen LogP contribution in [-0.4, -0.2) is 120 Å². The van der Waals surface area contributed by atoms with Gasteiger partial charge in [-0.2, -0.15) is 36.5 Å². The van der Waals surface area contributed by atoms with Crippen molar-refractivity contribution in [2.75, 3.05) is 23.7 Å². The number of anilines is 2. The van der Waals surface area contributed by atoms with Crippen molar-refractivity contribution in [3.05, 3.63) is 132 Å². The number of carboxylic acid groups (broad SMARTS) is 1. The standard InChI is InChI=1S/C24H20F5N7O3.C21H15F5N6O4/c25-15-4-2-1-3-13(15)11-36-19(17-7-8-39-35-17)9-18(34-36)21-30-10-16(26)20(33-21)31-12-23(38,24(27,28)29)22(37)32-14-5-6-14;22-12-4-2-1-3-11(12)9-32-16(14-5-6-36-31-14)7-15(30-32)18-27-8-13(23)17(29-18)28-10-20(35,19(33)34)21(24,25)26/h1-4,7-10,14,38H,5-6,11-12H2,(H,32,37)(H,30,31,33);1-8,35H,9-10H2,(H,33,34)(H,27,28,29).